The van der Waals surface area contributed by atoms with Gasteiger partial charge in [0.05, 0.1) is 14.2 Å². The molecule has 0 radical (unpaired) electrons. The lowest BCUT2D eigenvalue weighted by atomic mass is 10.2. The topological polar surface area (TPSA) is 72.5 Å². The molecule has 0 aliphatic heterocycles. The van der Waals surface area contributed by atoms with E-state index in [0.29, 0.717) is 24.5 Å². The molecular weight excluding hydrogens is 354 g/mol. The van der Waals surface area contributed by atoms with Crippen LogP contribution >= 0.6 is 0 Å². The summed E-state index contributed by atoms with van der Waals surface area (Å²) in [7, 11) is 3.26. The molecule has 3 rings (SSSR count). The largest absolute Gasteiger partial charge is 0.496 e. The highest BCUT2D eigenvalue weighted by atomic mass is 16.5. The number of benzene rings is 2. The normalized spacial score (nSPS) is 10.2. The van der Waals surface area contributed by atoms with E-state index in [0.717, 1.165) is 22.6 Å². The summed E-state index contributed by atoms with van der Waals surface area (Å²) in [6, 6.07) is 18.8. The van der Waals surface area contributed by atoms with Gasteiger partial charge in [-0.2, -0.15) is 0 Å². The third-order valence-electron chi connectivity index (χ3n) is 4.31. The third kappa shape index (κ3) is 4.79. The van der Waals surface area contributed by atoms with Crippen LogP contribution in [0, 0.1) is 0 Å². The zero-order chi connectivity index (χ0) is 19.8. The monoisotopic (exact) mass is 377 g/mol. The number of nitrogens with zero attached hydrogens (tertiary/aromatic N) is 1. The van der Waals surface area contributed by atoms with Gasteiger partial charge in [-0.05, 0) is 24.3 Å². The predicted molar refractivity (Wildman–Crippen MR) is 109 cm³/mol. The summed E-state index contributed by atoms with van der Waals surface area (Å²) >= 11 is 0. The zero-order valence-electron chi connectivity index (χ0n) is 15.9. The standard InChI is InChI=1S/C22H23N3O3/c1-27-19-9-5-3-7-17(19)14-24-21-13-16(11-12-23-21)22(26)25-15-18-8-4-6-10-20(18)28-2/h3-13H,14-15H2,1-2H3,(H,23,24)(H,25,26). The highest BCUT2D eigenvalue weighted by molar-refractivity contribution is 5.94. The Bertz CT molecular complexity index is 944. The van der Waals surface area contributed by atoms with Crippen molar-refractivity contribution in [2.75, 3.05) is 19.5 Å². The van der Waals surface area contributed by atoms with E-state index in [1.807, 2.05) is 48.5 Å². The van der Waals surface area contributed by atoms with Gasteiger partial charge in [0.2, 0.25) is 0 Å². The molecule has 0 fully saturated rings. The van der Waals surface area contributed by atoms with Crippen LogP contribution in [-0.2, 0) is 13.1 Å². The van der Waals surface area contributed by atoms with Crippen molar-refractivity contribution in [3.8, 4) is 11.5 Å². The maximum absolute atomic E-state index is 12.5. The lowest BCUT2D eigenvalue weighted by Gasteiger charge is -2.11. The van der Waals surface area contributed by atoms with Gasteiger partial charge in [-0.15, -0.1) is 0 Å². The van der Waals surface area contributed by atoms with Crippen molar-refractivity contribution >= 4 is 11.7 Å². The first-order valence-corrected chi connectivity index (χ1v) is 8.93. The number of nitrogens with one attached hydrogen (secondary N) is 2. The van der Waals surface area contributed by atoms with Crippen molar-refractivity contribution in [3.63, 3.8) is 0 Å². The fourth-order valence-electron chi connectivity index (χ4n) is 2.83. The Kier molecular flexibility index (Phi) is 6.46. The molecule has 1 amide bonds. The van der Waals surface area contributed by atoms with Crippen molar-refractivity contribution in [1.29, 1.82) is 0 Å². The van der Waals surface area contributed by atoms with Crippen LogP contribution in [0.15, 0.2) is 66.9 Å². The minimum Gasteiger partial charge on any atom is -0.496 e. The molecular formula is C22H23N3O3. The van der Waals surface area contributed by atoms with Crippen LogP contribution in [0.4, 0.5) is 5.82 Å². The van der Waals surface area contributed by atoms with Gasteiger partial charge in [0.25, 0.3) is 5.91 Å². The van der Waals surface area contributed by atoms with E-state index in [9.17, 15) is 4.79 Å². The number of hydrogen-bond donors (Lipinski definition) is 2. The number of carbonyl (C=O) groups excluding carboxylic acids is 1. The molecule has 144 valence electrons. The van der Waals surface area contributed by atoms with Gasteiger partial charge in [-0.3, -0.25) is 4.79 Å². The van der Waals surface area contributed by atoms with Gasteiger partial charge < -0.3 is 20.1 Å². The second-order valence-corrected chi connectivity index (χ2v) is 6.09. The summed E-state index contributed by atoms with van der Waals surface area (Å²) in [5, 5.41) is 6.15. The van der Waals surface area contributed by atoms with Crippen LogP contribution in [0.2, 0.25) is 0 Å². The van der Waals surface area contributed by atoms with Crippen LogP contribution in [0.3, 0.4) is 0 Å². The van der Waals surface area contributed by atoms with Crippen LogP contribution in [-0.4, -0.2) is 25.1 Å². The number of hydrogen-bond acceptors (Lipinski definition) is 5. The number of carbonyl (C=O) groups is 1. The Morgan fingerprint density at radius 3 is 2.14 bits per heavy atom. The number of anilines is 1. The first-order valence-electron chi connectivity index (χ1n) is 8.93. The van der Waals surface area contributed by atoms with Crippen molar-refractivity contribution in [2.24, 2.45) is 0 Å². The van der Waals surface area contributed by atoms with E-state index in [1.54, 1.807) is 32.5 Å². The van der Waals surface area contributed by atoms with Crippen molar-refractivity contribution in [2.45, 2.75) is 13.1 Å². The Morgan fingerprint density at radius 2 is 1.50 bits per heavy atom. The summed E-state index contributed by atoms with van der Waals surface area (Å²) in [4.78, 5) is 16.8. The highest BCUT2D eigenvalue weighted by Crippen LogP contribution is 2.19. The smallest absolute Gasteiger partial charge is 0.251 e. The van der Waals surface area contributed by atoms with E-state index in [-0.39, 0.29) is 5.91 Å². The van der Waals surface area contributed by atoms with Crippen LogP contribution in [0.5, 0.6) is 11.5 Å². The molecule has 0 bridgehead atoms. The number of pyridine rings is 1. The summed E-state index contributed by atoms with van der Waals surface area (Å²) in [5.74, 6) is 2.00. The number of amides is 1. The van der Waals surface area contributed by atoms with Crippen LogP contribution in [0.1, 0.15) is 21.5 Å². The average molecular weight is 377 g/mol. The van der Waals surface area contributed by atoms with Crippen molar-refractivity contribution in [1.82, 2.24) is 10.3 Å². The number of ether oxygens (including phenoxy) is 2. The van der Waals surface area contributed by atoms with Gasteiger partial charge >= 0.3 is 0 Å². The number of methoxy groups -OCH3 is 2. The van der Waals surface area contributed by atoms with E-state index in [2.05, 4.69) is 15.6 Å². The average Bonchev–Trinajstić information content (AvgIpc) is 2.76. The summed E-state index contributed by atoms with van der Waals surface area (Å²) in [6.45, 7) is 0.929. The molecule has 2 aromatic carbocycles. The third-order valence-corrected chi connectivity index (χ3v) is 4.31. The maximum atomic E-state index is 12.5. The molecule has 3 aromatic rings. The molecule has 0 saturated heterocycles. The predicted octanol–water partition coefficient (Wildman–Crippen LogP) is 3.64. The zero-order valence-corrected chi connectivity index (χ0v) is 15.9. The molecule has 6 nitrogen and oxygen atoms in total. The molecule has 0 atom stereocenters. The molecule has 1 aromatic heterocycles. The van der Waals surface area contributed by atoms with Gasteiger partial charge in [0.15, 0.2) is 0 Å². The van der Waals surface area contributed by atoms with Crippen LogP contribution in [0.25, 0.3) is 0 Å². The molecule has 0 aliphatic rings. The van der Waals surface area contributed by atoms with Crippen molar-refractivity contribution in [3.05, 3.63) is 83.6 Å². The molecule has 0 aliphatic carbocycles. The lowest BCUT2D eigenvalue weighted by molar-refractivity contribution is 0.0950. The second-order valence-electron chi connectivity index (χ2n) is 6.09. The maximum Gasteiger partial charge on any atom is 0.251 e. The molecule has 0 saturated carbocycles. The minimum atomic E-state index is -0.173. The lowest BCUT2D eigenvalue weighted by Crippen LogP contribution is -2.23. The fourth-order valence-corrected chi connectivity index (χ4v) is 2.83. The summed E-state index contributed by atoms with van der Waals surface area (Å²) in [6.07, 6.45) is 1.61. The second kappa shape index (κ2) is 9.41. The Morgan fingerprint density at radius 1 is 0.893 bits per heavy atom. The van der Waals surface area contributed by atoms with E-state index in [1.165, 1.54) is 0 Å². The van der Waals surface area contributed by atoms with Gasteiger partial charge in [-0.25, -0.2) is 4.98 Å². The van der Waals surface area contributed by atoms with Crippen molar-refractivity contribution < 1.29 is 14.3 Å². The summed E-state index contributed by atoms with van der Waals surface area (Å²) in [5.41, 5.74) is 2.46. The molecule has 2 N–H and O–H groups in total. The number of rotatable bonds is 8. The van der Waals surface area contributed by atoms with E-state index in [4.69, 9.17) is 9.47 Å². The van der Waals surface area contributed by atoms with Gasteiger partial charge in [0, 0.05) is 36.0 Å². The van der Waals surface area contributed by atoms with E-state index >= 15 is 0 Å². The first-order chi connectivity index (χ1) is 13.7. The van der Waals surface area contributed by atoms with Gasteiger partial charge in [-0.1, -0.05) is 36.4 Å². The molecule has 0 unspecified atom stereocenters. The Labute approximate surface area is 164 Å². The van der Waals surface area contributed by atoms with E-state index < -0.39 is 0 Å². The quantitative estimate of drug-likeness (QED) is 0.627. The SMILES string of the molecule is COc1ccccc1CNC(=O)c1ccnc(NCc2ccccc2OC)c1. The number of para-hydroxylation sites is 2. The summed E-state index contributed by atoms with van der Waals surface area (Å²) < 4.78 is 10.7. The first kappa shape index (κ1) is 19.2. The Balaban J connectivity index is 1.63. The molecule has 6 heteroatoms. The number of aromatic nitrogens is 1. The van der Waals surface area contributed by atoms with Gasteiger partial charge in [0.1, 0.15) is 17.3 Å². The fraction of sp³-hybridized carbons (Fsp3) is 0.182. The molecule has 0 spiro atoms. The molecule has 28 heavy (non-hydrogen) atoms. The minimum absolute atomic E-state index is 0.173. The van der Waals surface area contributed by atoms with Crippen LogP contribution < -0.4 is 20.1 Å². The Hall–Kier alpha value is -3.54. The molecule has 1 heterocycles. The highest BCUT2D eigenvalue weighted by Gasteiger charge is 2.09.